The van der Waals surface area contributed by atoms with Crippen LogP contribution in [0.15, 0.2) is 17.6 Å². The molecule has 2 aromatic rings. The predicted octanol–water partition coefficient (Wildman–Crippen LogP) is 1.06. The summed E-state index contributed by atoms with van der Waals surface area (Å²) in [6, 6.07) is 1.98. The largest absolute Gasteiger partial charge is 0.353 e. The molecule has 5 heteroatoms. The van der Waals surface area contributed by atoms with Crippen LogP contribution in [-0.2, 0) is 0 Å². The van der Waals surface area contributed by atoms with Crippen molar-refractivity contribution in [2.45, 2.75) is 0 Å². The zero-order valence-corrected chi connectivity index (χ0v) is 7.84. The first-order valence-corrected chi connectivity index (χ1v) is 4.92. The van der Waals surface area contributed by atoms with E-state index in [2.05, 4.69) is 15.3 Å². The van der Waals surface area contributed by atoms with Gasteiger partial charge in [0.2, 0.25) is 5.95 Å². The molecule has 2 rings (SSSR count). The minimum Gasteiger partial charge on any atom is -0.353 e. The molecule has 4 nitrogen and oxygen atoms in total. The van der Waals surface area contributed by atoms with Crippen molar-refractivity contribution in [3.8, 4) is 0 Å². The smallest absolute Gasteiger partial charge is 0.223 e. The van der Waals surface area contributed by atoms with Crippen molar-refractivity contribution in [1.82, 2.24) is 9.97 Å². The Hall–Kier alpha value is -1.20. The van der Waals surface area contributed by atoms with E-state index in [4.69, 9.17) is 5.73 Å². The van der Waals surface area contributed by atoms with Crippen molar-refractivity contribution in [1.29, 1.82) is 0 Å². The summed E-state index contributed by atoms with van der Waals surface area (Å²) in [5, 5.41) is 5.04. The highest BCUT2D eigenvalue weighted by Crippen LogP contribution is 2.18. The predicted molar refractivity (Wildman–Crippen MR) is 55.0 cm³/mol. The van der Waals surface area contributed by atoms with Crippen molar-refractivity contribution in [3.05, 3.63) is 17.6 Å². The van der Waals surface area contributed by atoms with E-state index in [1.807, 2.05) is 17.6 Å². The van der Waals surface area contributed by atoms with Crippen molar-refractivity contribution < 1.29 is 0 Å². The monoisotopic (exact) mass is 194 g/mol. The molecule has 2 heterocycles. The molecule has 0 amide bonds. The van der Waals surface area contributed by atoms with Crippen LogP contribution in [0.1, 0.15) is 0 Å². The Morgan fingerprint density at radius 3 is 3.31 bits per heavy atom. The Morgan fingerprint density at radius 2 is 2.46 bits per heavy atom. The first-order chi connectivity index (χ1) is 6.40. The van der Waals surface area contributed by atoms with Gasteiger partial charge in [-0.2, -0.15) is 0 Å². The molecule has 0 saturated carbocycles. The number of hydrogen-bond donors (Lipinski definition) is 2. The van der Waals surface area contributed by atoms with E-state index in [0.717, 1.165) is 10.2 Å². The molecule has 0 spiro atoms. The molecule has 0 saturated heterocycles. The summed E-state index contributed by atoms with van der Waals surface area (Å²) in [5.74, 6) is 0.649. The third kappa shape index (κ3) is 1.76. The summed E-state index contributed by atoms with van der Waals surface area (Å²) in [5.41, 5.74) is 6.34. The molecule has 3 N–H and O–H groups in total. The van der Waals surface area contributed by atoms with Gasteiger partial charge in [0.15, 0.2) is 0 Å². The topological polar surface area (TPSA) is 63.8 Å². The Kier molecular flexibility index (Phi) is 2.37. The van der Waals surface area contributed by atoms with E-state index < -0.39 is 0 Å². The highest BCUT2D eigenvalue weighted by atomic mass is 32.1. The highest BCUT2D eigenvalue weighted by molar-refractivity contribution is 7.17. The summed E-state index contributed by atoms with van der Waals surface area (Å²) < 4.78 is 1.11. The number of nitrogens with two attached hydrogens (primary N) is 1. The molecule has 0 unspecified atom stereocenters. The Bertz CT molecular complexity index is 398. The normalized spacial score (nSPS) is 10.5. The number of thiophene rings is 1. The van der Waals surface area contributed by atoms with Crippen molar-refractivity contribution in [2.24, 2.45) is 5.73 Å². The van der Waals surface area contributed by atoms with Gasteiger partial charge in [0.05, 0.1) is 16.4 Å². The van der Waals surface area contributed by atoms with Crippen LogP contribution in [0.5, 0.6) is 0 Å². The lowest BCUT2D eigenvalue weighted by molar-refractivity contribution is 0.996. The SMILES string of the molecule is NCCNc1ncc2sccc2n1. The molecule has 13 heavy (non-hydrogen) atoms. The summed E-state index contributed by atoms with van der Waals surface area (Å²) in [6.45, 7) is 1.29. The summed E-state index contributed by atoms with van der Waals surface area (Å²) in [7, 11) is 0. The second kappa shape index (κ2) is 3.68. The number of rotatable bonds is 3. The molecule has 0 radical (unpaired) electrons. The summed E-state index contributed by atoms with van der Waals surface area (Å²) >= 11 is 1.64. The second-order valence-corrected chi connectivity index (χ2v) is 3.53. The average Bonchev–Trinajstić information content (AvgIpc) is 2.61. The lowest BCUT2D eigenvalue weighted by Crippen LogP contribution is -2.14. The standard InChI is InChI=1S/C8H10N4S/c9-2-3-10-8-11-5-7-6(12-8)1-4-13-7/h1,4-5H,2-3,9H2,(H,10,11,12). The first kappa shape index (κ1) is 8.40. The van der Waals surface area contributed by atoms with E-state index in [9.17, 15) is 0 Å². The van der Waals surface area contributed by atoms with Gasteiger partial charge in [-0.15, -0.1) is 11.3 Å². The maximum absolute atomic E-state index is 5.35. The third-order valence-electron chi connectivity index (χ3n) is 1.63. The Balaban J connectivity index is 2.26. The van der Waals surface area contributed by atoms with E-state index >= 15 is 0 Å². The van der Waals surface area contributed by atoms with Crippen molar-refractivity contribution >= 4 is 27.5 Å². The quantitative estimate of drug-likeness (QED) is 0.767. The van der Waals surface area contributed by atoms with E-state index in [1.165, 1.54) is 0 Å². The molecule has 0 aliphatic heterocycles. The average molecular weight is 194 g/mol. The van der Waals surface area contributed by atoms with Gasteiger partial charge < -0.3 is 11.1 Å². The molecule has 0 aliphatic rings. The maximum atomic E-state index is 5.35. The molecule has 0 aliphatic carbocycles. The summed E-state index contributed by atoms with van der Waals surface area (Å²) in [6.07, 6.45) is 1.83. The number of hydrogen-bond acceptors (Lipinski definition) is 5. The van der Waals surface area contributed by atoms with Crippen LogP contribution in [0.2, 0.25) is 0 Å². The van der Waals surface area contributed by atoms with Crippen LogP contribution in [-0.4, -0.2) is 23.1 Å². The second-order valence-electron chi connectivity index (χ2n) is 2.58. The molecular weight excluding hydrogens is 184 g/mol. The zero-order valence-electron chi connectivity index (χ0n) is 7.03. The van der Waals surface area contributed by atoms with Gasteiger partial charge in [0.25, 0.3) is 0 Å². The molecule has 0 aromatic carbocycles. The lowest BCUT2D eigenvalue weighted by atomic mass is 10.5. The van der Waals surface area contributed by atoms with Crippen LogP contribution >= 0.6 is 11.3 Å². The van der Waals surface area contributed by atoms with Gasteiger partial charge in [-0.3, -0.25) is 0 Å². The van der Waals surface area contributed by atoms with Crippen LogP contribution in [0, 0.1) is 0 Å². The van der Waals surface area contributed by atoms with E-state index in [-0.39, 0.29) is 0 Å². The molecule has 2 aromatic heterocycles. The van der Waals surface area contributed by atoms with Gasteiger partial charge in [0.1, 0.15) is 0 Å². The van der Waals surface area contributed by atoms with Gasteiger partial charge in [-0.05, 0) is 11.4 Å². The first-order valence-electron chi connectivity index (χ1n) is 4.04. The Labute approximate surface area is 79.8 Å². The summed E-state index contributed by atoms with van der Waals surface area (Å²) in [4.78, 5) is 8.45. The van der Waals surface area contributed by atoms with Gasteiger partial charge in [-0.1, -0.05) is 0 Å². The van der Waals surface area contributed by atoms with Gasteiger partial charge in [-0.25, -0.2) is 9.97 Å². The van der Waals surface area contributed by atoms with E-state index in [0.29, 0.717) is 19.0 Å². The van der Waals surface area contributed by atoms with E-state index in [1.54, 1.807) is 11.3 Å². The molecule has 0 atom stereocenters. The number of anilines is 1. The third-order valence-corrected chi connectivity index (χ3v) is 2.47. The van der Waals surface area contributed by atoms with Gasteiger partial charge >= 0.3 is 0 Å². The van der Waals surface area contributed by atoms with Crippen LogP contribution in [0.25, 0.3) is 10.2 Å². The van der Waals surface area contributed by atoms with Crippen LogP contribution < -0.4 is 11.1 Å². The lowest BCUT2D eigenvalue weighted by Gasteiger charge is -2.00. The number of aromatic nitrogens is 2. The fraction of sp³-hybridized carbons (Fsp3) is 0.250. The fourth-order valence-corrected chi connectivity index (χ4v) is 1.73. The van der Waals surface area contributed by atoms with Gasteiger partial charge in [0, 0.05) is 13.1 Å². The van der Waals surface area contributed by atoms with Crippen LogP contribution in [0.4, 0.5) is 5.95 Å². The van der Waals surface area contributed by atoms with Crippen LogP contribution in [0.3, 0.4) is 0 Å². The maximum Gasteiger partial charge on any atom is 0.223 e. The molecule has 68 valence electrons. The highest BCUT2D eigenvalue weighted by Gasteiger charge is 1.98. The minimum absolute atomic E-state index is 0.588. The zero-order chi connectivity index (χ0) is 9.10. The Morgan fingerprint density at radius 1 is 1.54 bits per heavy atom. The van der Waals surface area contributed by atoms with Crippen molar-refractivity contribution in [2.75, 3.05) is 18.4 Å². The van der Waals surface area contributed by atoms with Crippen molar-refractivity contribution in [3.63, 3.8) is 0 Å². The minimum atomic E-state index is 0.588. The number of nitrogens with one attached hydrogen (secondary N) is 1. The number of nitrogens with zero attached hydrogens (tertiary/aromatic N) is 2. The number of fused-ring (bicyclic) bond motifs is 1. The molecule has 0 bridgehead atoms. The fourth-order valence-electron chi connectivity index (χ4n) is 1.04. The molecule has 0 fully saturated rings. The molecular formula is C8H10N4S.